The summed E-state index contributed by atoms with van der Waals surface area (Å²) in [6.07, 6.45) is -0.0606. The average Bonchev–Trinajstić information content (AvgIpc) is 3.12. The van der Waals surface area contributed by atoms with Gasteiger partial charge >= 0.3 is 6.18 Å². The van der Waals surface area contributed by atoms with Crippen molar-refractivity contribution >= 4 is 11.6 Å². The molecule has 0 unspecified atom stereocenters. The number of anilines is 1. The average molecular weight is 408 g/mol. The number of ether oxygens (including phenoxy) is 2. The zero-order chi connectivity index (χ0) is 20.6. The van der Waals surface area contributed by atoms with Crippen LogP contribution in [0.2, 0.25) is 0 Å². The minimum absolute atomic E-state index is 0.0235. The first-order chi connectivity index (χ1) is 13.8. The van der Waals surface area contributed by atoms with Crippen LogP contribution in [0.4, 0.5) is 19.0 Å². The number of alkyl halides is 3. The van der Waals surface area contributed by atoms with Crippen LogP contribution >= 0.6 is 0 Å². The molecule has 29 heavy (non-hydrogen) atoms. The number of fused-ring (bicyclic) bond motifs is 1. The van der Waals surface area contributed by atoms with Crippen molar-refractivity contribution in [3.63, 3.8) is 0 Å². The second-order valence-corrected chi connectivity index (χ2v) is 6.78. The van der Waals surface area contributed by atoms with E-state index in [1.165, 1.54) is 6.20 Å². The fourth-order valence-electron chi connectivity index (χ4n) is 3.36. The number of methoxy groups -OCH3 is 1. The minimum Gasteiger partial charge on any atom is -0.489 e. The summed E-state index contributed by atoms with van der Waals surface area (Å²) in [7, 11) is 1.55. The predicted molar refractivity (Wildman–Crippen MR) is 97.2 cm³/mol. The summed E-state index contributed by atoms with van der Waals surface area (Å²) in [4.78, 5) is 10.5. The summed E-state index contributed by atoms with van der Waals surface area (Å²) in [5.41, 5.74) is 0.626. The minimum atomic E-state index is -4.58. The van der Waals surface area contributed by atoms with Gasteiger partial charge in [0.1, 0.15) is 17.7 Å². The Morgan fingerprint density at radius 1 is 1.14 bits per heavy atom. The summed E-state index contributed by atoms with van der Waals surface area (Å²) < 4.78 is 50.9. The van der Waals surface area contributed by atoms with Gasteiger partial charge in [-0.05, 0) is 13.0 Å². The number of halogens is 3. The van der Waals surface area contributed by atoms with E-state index in [-0.39, 0.29) is 11.9 Å². The van der Waals surface area contributed by atoms with Gasteiger partial charge in [0.05, 0.1) is 13.3 Å². The van der Waals surface area contributed by atoms with Crippen LogP contribution in [0.15, 0.2) is 24.5 Å². The molecule has 0 N–H and O–H groups in total. The van der Waals surface area contributed by atoms with E-state index in [1.54, 1.807) is 32.4 Å². The lowest BCUT2D eigenvalue weighted by atomic mass is 10.1. The summed E-state index contributed by atoms with van der Waals surface area (Å²) in [5.74, 6) is 0.660. The fraction of sp³-hybridized carbons (Fsp3) is 0.444. The molecule has 4 heterocycles. The Labute approximate surface area is 164 Å². The third-order valence-electron chi connectivity index (χ3n) is 4.78. The van der Waals surface area contributed by atoms with Crippen molar-refractivity contribution in [1.82, 2.24) is 24.6 Å². The number of aromatic nitrogens is 5. The highest BCUT2D eigenvalue weighted by atomic mass is 19.4. The molecule has 3 aromatic rings. The normalized spacial score (nSPS) is 15.7. The Balaban J connectivity index is 1.45. The van der Waals surface area contributed by atoms with Crippen LogP contribution in [-0.2, 0) is 6.18 Å². The smallest absolute Gasteiger partial charge is 0.452 e. The number of hydrogen-bond donors (Lipinski definition) is 0. The molecule has 0 amide bonds. The first kappa shape index (κ1) is 19.2. The van der Waals surface area contributed by atoms with Crippen LogP contribution in [-0.4, -0.2) is 50.9 Å². The van der Waals surface area contributed by atoms with Crippen molar-refractivity contribution in [2.24, 2.45) is 0 Å². The Kier molecular flexibility index (Phi) is 4.89. The molecule has 3 aromatic heterocycles. The third kappa shape index (κ3) is 3.89. The summed E-state index contributed by atoms with van der Waals surface area (Å²) >= 11 is 0. The van der Waals surface area contributed by atoms with Crippen molar-refractivity contribution in [2.45, 2.75) is 32.0 Å². The molecule has 1 saturated heterocycles. The largest absolute Gasteiger partial charge is 0.489 e. The molecule has 0 aromatic carbocycles. The van der Waals surface area contributed by atoms with Gasteiger partial charge in [-0.25, -0.2) is 4.98 Å². The van der Waals surface area contributed by atoms with E-state index in [0.717, 1.165) is 17.2 Å². The van der Waals surface area contributed by atoms with E-state index in [9.17, 15) is 13.2 Å². The first-order valence-corrected chi connectivity index (χ1v) is 9.06. The summed E-state index contributed by atoms with van der Waals surface area (Å²) in [5, 5.41) is 6.82. The quantitative estimate of drug-likeness (QED) is 0.657. The first-order valence-electron chi connectivity index (χ1n) is 9.06. The molecule has 0 bridgehead atoms. The van der Waals surface area contributed by atoms with Crippen LogP contribution in [0.1, 0.15) is 24.2 Å². The van der Waals surface area contributed by atoms with Crippen molar-refractivity contribution in [1.29, 1.82) is 0 Å². The van der Waals surface area contributed by atoms with E-state index in [2.05, 4.69) is 20.2 Å². The number of pyridine rings is 1. The monoisotopic (exact) mass is 408 g/mol. The molecular weight excluding hydrogens is 389 g/mol. The Hall–Kier alpha value is -3.11. The van der Waals surface area contributed by atoms with Crippen molar-refractivity contribution < 1.29 is 22.6 Å². The maximum Gasteiger partial charge on any atom is 0.452 e. The molecule has 0 saturated carbocycles. The molecule has 1 fully saturated rings. The lowest BCUT2D eigenvalue weighted by Crippen LogP contribution is -2.39. The molecule has 154 valence electrons. The highest BCUT2D eigenvalue weighted by Crippen LogP contribution is 2.30. The lowest BCUT2D eigenvalue weighted by molar-refractivity contribution is -0.145. The summed E-state index contributed by atoms with van der Waals surface area (Å²) in [6.45, 7) is 3.06. The van der Waals surface area contributed by atoms with E-state index in [4.69, 9.17) is 9.47 Å². The lowest BCUT2D eigenvalue weighted by Gasteiger charge is -2.33. The van der Waals surface area contributed by atoms with Crippen LogP contribution in [0.3, 0.4) is 0 Å². The predicted octanol–water partition coefficient (Wildman–Crippen LogP) is 2.90. The van der Waals surface area contributed by atoms with Crippen LogP contribution in [0, 0.1) is 6.92 Å². The highest BCUT2D eigenvalue weighted by Gasteiger charge is 2.37. The number of nitrogens with zero attached hydrogens (tertiary/aromatic N) is 6. The second kappa shape index (κ2) is 7.37. The van der Waals surface area contributed by atoms with E-state index in [0.29, 0.717) is 36.1 Å². The molecule has 1 aliphatic heterocycles. The number of piperidine rings is 1. The fourth-order valence-corrected chi connectivity index (χ4v) is 3.36. The van der Waals surface area contributed by atoms with Gasteiger partial charge in [0.15, 0.2) is 0 Å². The number of rotatable bonds is 4. The van der Waals surface area contributed by atoms with Crippen molar-refractivity contribution in [2.75, 3.05) is 25.1 Å². The van der Waals surface area contributed by atoms with Gasteiger partial charge in [0.2, 0.25) is 11.7 Å². The molecule has 1 aliphatic rings. The second-order valence-electron chi connectivity index (χ2n) is 6.78. The van der Waals surface area contributed by atoms with Crippen LogP contribution in [0.5, 0.6) is 11.6 Å². The van der Waals surface area contributed by atoms with Gasteiger partial charge in [-0.3, -0.25) is 4.40 Å². The third-order valence-corrected chi connectivity index (χ3v) is 4.78. The molecule has 0 spiro atoms. The van der Waals surface area contributed by atoms with Crippen molar-refractivity contribution in [3.8, 4) is 11.6 Å². The number of aryl methyl sites for hydroxylation is 1. The molecule has 0 aliphatic carbocycles. The van der Waals surface area contributed by atoms with Gasteiger partial charge < -0.3 is 14.4 Å². The van der Waals surface area contributed by atoms with Gasteiger partial charge in [-0.2, -0.15) is 18.2 Å². The van der Waals surface area contributed by atoms with E-state index >= 15 is 0 Å². The molecule has 0 radical (unpaired) electrons. The molecule has 4 rings (SSSR count). The Morgan fingerprint density at radius 3 is 2.52 bits per heavy atom. The van der Waals surface area contributed by atoms with E-state index in [1.807, 2.05) is 4.90 Å². The summed E-state index contributed by atoms with van der Waals surface area (Å²) in [6, 6.07) is 3.54. The zero-order valence-corrected chi connectivity index (χ0v) is 15.8. The van der Waals surface area contributed by atoms with Crippen molar-refractivity contribution in [3.05, 3.63) is 35.9 Å². The maximum absolute atomic E-state index is 13.0. The van der Waals surface area contributed by atoms with Crippen LogP contribution in [0.25, 0.3) is 5.78 Å². The Morgan fingerprint density at radius 2 is 1.90 bits per heavy atom. The Bertz CT molecular complexity index is 997. The topological polar surface area (TPSA) is 77.7 Å². The van der Waals surface area contributed by atoms with Gasteiger partial charge in [0, 0.05) is 43.8 Å². The highest BCUT2D eigenvalue weighted by molar-refractivity contribution is 5.51. The molecule has 0 atom stereocenters. The van der Waals surface area contributed by atoms with Gasteiger partial charge in [-0.15, -0.1) is 10.2 Å². The molecule has 8 nitrogen and oxygen atoms in total. The molecular formula is C18H19F3N6O2. The van der Waals surface area contributed by atoms with Crippen LogP contribution < -0.4 is 14.4 Å². The van der Waals surface area contributed by atoms with E-state index < -0.39 is 12.0 Å². The molecule has 11 heteroatoms. The standard InChI is InChI=1S/C18H19F3N6O2/c1-11-10-27-16(18(19,20)21)24-25-17(27)23-15(11)26-7-5-12(6-8-26)29-13-3-4-14(28-2)22-9-13/h3-4,9-10,12H,5-8H2,1-2H3. The van der Waals surface area contributed by atoms with Gasteiger partial charge in [-0.1, -0.05) is 0 Å². The maximum atomic E-state index is 13.0. The SMILES string of the molecule is COc1ccc(OC2CCN(c3nc4nnc(C(F)(F)F)n4cc3C)CC2)cn1. The van der Waals surface area contributed by atoms with Gasteiger partial charge in [0.25, 0.3) is 5.78 Å². The zero-order valence-electron chi connectivity index (χ0n) is 15.8. The number of hydrogen-bond acceptors (Lipinski definition) is 7.